The molecular formula is C28H22. The summed E-state index contributed by atoms with van der Waals surface area (Å²) in [5, 5.41) is 5.33. The minimum absolute atomic E-state index is 0.350. The summed E-state index contributed by atoms with van der Waals surface area (Å²) in [4.78, 5) is 0. The molecule has 134 valence electrons. The molecule has 0 nitrogen and oxygen atoms in total. The average molecular weight is 358 g/mol. The highest BCUT2D eigenvalue weighted by Crippen LogP contribution is 2.55. The van der Waals surface area contributed by atoms with Crippen LogP contribution in [0.4, 0.5) is 0 Å². The lowest BCUT2D eigenvalue weighted by atomic mass is 9.61. The lowest BCUT2D eigenvalue weighted by molar-refractivity contribution is 0.756. The Hall–Kier alpha value is -3.12. The summed E-state index contributed by atoms with van der Waals surface area (Å²) in [6, 6.07) is 27.7. The van der Waals surface area contributed by atoms with E-state index >= 15 is 0 Å². The van der Waals surface area contributed by atoms with Gasteiger partial charge in [0, 0.05) is 11.8 Å². The Morgan fingerprint density at radius 2 is 0.857 bits per heavy atom. The first-order valence-corrected chi connectivity index (χ1v) is 10.2. The minimum Gasteiger partial charge on any atom is -0.0798 e. The SMILES string of the molecule is C/C=c1/cc2cc3c(cc2c/c1=C/C)C1c2ccccc2C3c2ccccc21. The fourth-order valence-corrected chi connectivity index (χ4v) is 5.50. The molecule has 2 bridgehead atoms. The second kappa shape index (κ2) is 5.69. The zero-order valence-corrected chi connectivity index (χ0v) is 16.2. The standard InChI is InChI=1S/C28H22/c1-3-17-13-19-15-25-26(16-20(19)14-18(17)4-2)28-23-11-7-5-9-21(23)27(25)22-10-6-8-12-24(22)28/h3-16,27-28H,1-2H3/b17-3-,18-4-. The van der Waals surface area contributed by atoms with E-state index in [0.29, 0.717) is 11.8 Å². The van der Waals surface area contributed by atoms with Crippen LogP contribution in [0.15, 0.2) is 72.8 Å². The zero-order valence-electron chi connectivity index (χ0n) is 16.2. The van der Waals surface area contributed by atoms with Gasteiger partial charge in [0.05, 0.1) is 0 Å². The Morgan fingerprint density at radius 3 is 1.18 bits per heavy atom. The third kappa shape index (κ3) is 1.95. The molecule has 0 aromatic heterocycles. The molecule has 4 aromatic rings. The molecule has 3 aliphatic carbocycles. The molecule has 28 heavy (non-hydrogen) atoms. The van der Waals surface area contributed by atoms with Crippen molar-refractivity contribution < 1.29 is 0 Å². The monoisotopic (exact) mass is 358 g/mol. The molecule has 0 heteroatoms. The van der Waals surface area contributed by atoms with Crippen LogP contribution in [0.1, 0.15) is 59.1 Å². The predicted octanol–water partition coefficient (Wildman–Crippen LogP) is 5.43. The van der Waals surface area contributed by atoms with Crippen molar-refractivity contribution >= 4 is 22.9 Å². The molecule has 0 aliphatic heterocycles. The second-order valence-corrected chi connectivity index (χ2v) is 8.01. The number of hydrogen-bond acceptors (Lipinski definition) is 0. The first-order valence-electron chi connectivity index (χ1n) is 10.2. The van der Waals surface area contributed by atoms with Crippen LogP contribution in [0.2, 0.25) is 0 Å². The van der Waals surface area contributed by atoms with Crippen LogP contribution < -0.4 is 10.4 Å². The summed E-state index contributed by atoms with van der Waals surface area (Å²) in [5.74, 6) is 0.701. The van der Waals surface area contributed by atoms with Gasteiger partial charge < -0.3 is 0 Å². The van der Waals surface area contributed by atoms with Crippen LogP contribution in [0, 0.1) is 0 Å². The van der Waals surface area contributed by atoms with Crippen molar-refractivity contribution in [1.82, 2.24) is 0 Å². The van der Waals surface area contributed by atoms with Crippen molar-refractivity contribution in [2.45, 2.75) is 25.7 Å². The largest absolute Gasteiger partial charge is 0.0798 e. The Kier molecular flexibility index (Phi) is 3.23. The van der Waals surface area contributed by atoms with Gasteiger partial charge in [-0.05, 0) is 92.7 Å². The van der Waals surface area contributed by atoms with Crippen LogP contribution in [-0.2, 0) is 0 Å². The average Bonchev–Trinajstić information content (AvgIpc) is 2.76. The van der Waals surface area contributed by atoms with E-state index in [1.54, 1.807) is 0 Å². The summed E-state index contributed by atoms with van der Waals surface area (Å²) < 4.78 is 0. The van der Waals surface area contributed by atoms with E-state index in [-0.39, 0.29) is 0 Å². The van der Waals surface area contributed by atoms with Crippen LogP contribution in [0.3, 0.4) is 0 Å². The van der Waals surface area contributed by atoms with Gasteiger partial charge >= 0.3 is 0 Å². The smallest absolute Gasteiger partial charge is 0.0349 e. The second-order valence-electron chi connectivity index (χ2n) is 8.01. The van der Waals surface area contributed by atoms with Crippen molar-refractivity contribution in [2.24, 2.45) is 0 Å². The Morgan fingerprint density at radius 1 is 0.500 bits per heavy atom. The van der Waals surface area contributed by atoms with Crippen molar-refractivity contribution in [3.05, 3.63) is 117 Å². The number of rotatable bonds is 0. The highest BCUT2D eigenvalue weighted by atomic mass is 14.4. The van der Waals surface area contributed by atoms with Crippen LogP contribution in [-0.4, -0.2) is 0 Å². The summed E-state index contributed by atoms with van der Waals surface area (Å²) in [6.45, 7) is 4.25. The Balaban J connectivity index is 1.73. The quantitative estimate of drug-likeness (QED) is 0.340. The summed E-state index contributed by atoms with van der Waals surface area (Å²) in [6.07, 6.45) is 4.43. The summed E-state index contributed by atoms with van der Waals surface area (Å²) >= 11 is 0. The molecule has 0 fully saturated rings. The molecule has 0 saturated heterocycles. The van der Waals surface area contributed by atoms with Gasteiger partial charge in [-0.2, -0.15) is 0 Å². The van der Waals surface area contributed by atoms with E-state index in [1.807, 2.05) is 0 Å². The summed E-state index contributed by atoms with van der Waals surface area (Å²) in [7, 11) is 0. The minimum atomic E-state index is 0.350. The molecule has 3 aliphatic rings. The molecule has 0 heterocycles. The highest BCUT2D eigenvalue weighted by molar-refractivity contribution is 5.87. The van der Waals surface area contributed by atoms with Gasteiger partial charge in [-0.3, -0.25) is 0 Å². The van der Waals surface area contributed by atoms with Gasteiger partial charge in [-0.25, -0.2) is 0 Å². The van der Waals surface area contributed by atoms with Crippen molar-refractivity contribution in [3.63, 3.8) is 0 Å². The fraction of sp³-hybridized carbons (Fsp3) is 0.143. The van der Waals surface area contributed by atoms with E-state index in [0.717, 1.165) is 0 Å². The van der Waals surface area contributed by atoms with E-state index < -0.39 is 0 Å². The molecule has 0 N–H and O–H groups in total. The number of hydrogen-bond donors (Lipinski definition) is 0. The van der Waals surface area contributed by atoms with E-state index in [9.17, 15) is 0 Å². The number of benzene rings is 4. The topological polar surface area (TPSA) is 0 Å². The van der Waals surface area contributed by atoms with Crippen LogP contribution in [0.5, 0.6) is 0 Å². The normalized spacial score (nSPS) is 20.2. The van der Waals surface area contributed by atoms with E-state index in [1.165, 1.54) is 54.6 Å². The summed E-state index contributed by atoms with van der Waals surface area (Å²) in [5.41, 5.74) is 8.92. The maximum atomic E-state index is 2.46. The van der Waals surface area contributed by atoms with Crippen LogP contribution in [0.25, 0.3) is 22.9 Å². The molecule has 0 saturated carbocycles. The zero-order chi connectivity index (χ0) is 18.8. The van der Waals surface area contributed by atoms with Gasteiger partial charge in [0.2, 0.25) is 0 Å². The first-order chi connectivity index (χ1) is 13.8. The van der Waals surface area contributed by atoms with Crippen molar-refractivity contribution in [2.75, 3.05) is 0 Å². The third-order valence-electron chi connectivity index (χ3n) is 6.72. The van der Waals surface area contributed by atoms with Gasteiger partial charge in [0.15, 0.2) is 0 Å². The van der Waals surface area contributed by atoms with E-state index in [2.05, 4.69) is 98.8 Å². The first kappa shape index (κ1) is 15.9. The highest BCUT2D eigenvalue weighted by Gasteiger charge is 2.40. The Bertz CT molecular complexity index is 1230. The molecule has 4 aromatic carbocycles. The molecule has 0 radical (unpaired) electrons. The molecule has 0 unspecified atom stereocenters. The van der Waals surface area contributed by atoms with Gasteiger partial charge in [-0.15, -0.1) is 0 Å². The van der Waals surface area contributed by atoms with Gasteiger partial charge in [0.25, 0.3) is 0 Å². The Labute approximate surface area is 165 Å². The molecule has 0 atom stereocenters. The molecule has 0 amide bonds. The molecule has 0 spiro atoms. The van der Waals surface area contributed by atoms with Gasteiger partial charge in [-0.1, -0.05) is 60.7 Å². The maximum absolute atomic E-state index is 2.46. The predicted molar refractivity (Wildman–Crippen MR) is 118 cm³/mol. The third-order valence-corrected chi connectivity index (χ3v) is 6.72. The molecular weight excluding hydrogens is 336 g/mol. The number of fused-ring (bicyclic) bond motifs is 1. The maximum Gasteiger partial charge on any atom is 0.0349 e. The fourth-order valence-electron chi connectivity index (χ4n) is 5.50. The van der Waals surface area contributed by atoms with Crippen LogP contribution >= 0.6 is 0 Å². The van der Waals surface area contributed by atoms with E-state index in [4.69, 9.17) is 0 Å². The molecule has 7 rings (SSSR count). The van der Waals surface area contributed by atoms with Crippen molar-refractivity contribution in [1.29, 1.82) is 0 Å². The lowest BCUT2D eigenvalue weighted by Crippen LogP contribution is -2.28. The van der Waals surface area contributed by atoms with Crippen molar-refractivity contribution in [3.8, 4) is 0 Å². The lowest BCUT2D eigenvalue weighted by Gasteiger charge is -2.42. The van der Waals surface area contributed by atoms with Gasteiger partial charge in [0.1, 0.15) is 0 Å².